The van der Waals surface area contributed by atoms with Crippen LogP contribution in [0.15, 0.2) is 11.1 Å². The van der Waals surface area contributed by atoms with Gasteiger partial charge in [0.25, 0.3) is 5.56 Å². The molecule has 11 nitrogen and oxygen atoms in total. The highest BCUT2D eigenvalue weighted by Gasteiger charge is 2.45. The maximum absolute atomic E-state index is 11.9. The number of aromatic nitrogens is 4. The van der Waals surface area contributed by atoms with Gasteiger partial charge < -0.3 is 25.4 Å². The van der Waals surface area contributed by atoms with E-state index in [2.05, 4.69) is 15.0 Å². The van der Waals surface area contributed by atoms with Crippen LogP contribution in [0.4, 0.5) is 5.95 Å². The van der Waals surface area contributed by atoms with Crippen molar-refractivity contribution in [2.24, 2.45) is 0 Å². The van der Waals surface area contributed by atoms with Crippen molar-refractivity contribution < 1.29 is 19.7 Å². The van der Waals surface area contributed by atoms with Crippen molar-refractivity contribution in [1.82, 2.24) is 19.5 Å². The molecule has 5 N–H and O–H groups in total. The quantitative estimate of drug-likeness (QED) is 0.462. The van der Waals surface area contributed by atoms with Crippen LogP contribution in [0.25, 0.3) is 11.2 Å². The smallest absolute Gasteiger partial charge is 0.280 e. The summed E-state index contributed by atoms with van der Waals surface area (Å²) >= 11 is 0. The van der Waals surface area contributed by atoms with Crippen LogP contribution in [0.1, 0.15) is 12.6 Å². The van der Waals surface area contributed by atoms with Gasteiger partial charge in [-0.05, 0) is 0 Å². The number of aliphatic hydroxyl groups is 2. The fourth-order valence-electron chi connectivity index (χ4n) is 2.64. The molecule has 1 aliphatic heterocycles. The van der Waals surface area contributed by atoms with Gasteiger partial charge in [-0.2, -0.15) is 10.2 Å². The van der Waals surface area contributed by atoms with E-state index in [1.807, 2.05) is 6.07 Å². The maximum Gasteiger partial charge on any atom is 0.280 e. The number of rotatable bonds is 5. The number of hydrogen-bond donors (Lipinski definition) is 4. The fraction of sp³-hybridized carbons (Fsp3) is 0.538. The predicted molar refractivity (Wildman–Crippen MR) is 79.5 cm³/mol. The number of aliphatic hydroxyl groups excluding tert-OH is 2. The van der Waals surface area contributed by atoms with E-state index >= 15 is 0 Å². The van der Waals surface area contributed by atoms with Crippen LogP contribution >= 0.6 is 0 Å². The maximum atomic E-state index is 11.9. The number of aromatic amines is 1. The number of nitrogens with two attached hydrogens (primary N) is 1. The second-order valence-corrected chi connectivity index (χ2v) is 5.26. The molecule has 3 rings (SSSR count). The van der Waals surface area contributed by atoms with E-state index in [-0.39, 0.29) is 30.1 Å². The first-order chi connectivity index (χ1) is 11.6. The molecular weight excluding hydrogens is 320 g/mol. The molecule has 128 valence electrons. The molecule has 4 atom stereocenters. The minimum absolute atomic E-state index is 0.0607. The van der Waals surface area contributed by atoms with Crippen LogP contribution in [-0.4, -0.2) is 61.3 Å². The molecule has 0 radical (unpaired) electrons. The van der Waals surface area contributed by atoms with Crippen molar-refractivity contribution in [2.75, 3.05) is 18.9 Å². The third-order valence-electron chi connectivity index (χ3n) is 3.74. The molecule has 24 heavy (non-hydrogen) atoms. The number of fused-ring (bicyclic) bond motifs is 1. The van der Waals surface area contributed by atoms with Gasteiger partial charge in [-0.25, -0.2) is 4.98 Å². The zero-order valence-electron chi connectivity index (χ0n) is 12.5. The fourth-order valence-corrected chi connectivity index (χ4v) is 2.64. The lowest BCUT2D eigenvalue weighted by molar-refractivity contribution is -0.0693. The average Bonchev–Trinajstić information content (AvgIpc) is 3.09. The number of anilines is 1. The molecule has 0 amide bonds. The summed E-state index contributed by atoms with van der Waals surface area (Å²) in [6.07, 6.45) is -2.28. The lowest BCUT2D eigenvalue weighted by Gasteiger charge is -2.21. The van der Waals surface area contributed by atoms with Crippen LogP contribution in [0, 0.1) is 11.3 Å². The highest BCUT2D eigenvalue weighted by atomic mass is 16.6. The van der Waals surface area contributed by atoms with Gasteiger partial charge in [-0.1, -0.05) is 0 Å². The number of imidazole rings is 1. The van der Waals surface area contributed by atoms with Crippen molar-refractivity contribution in [3.63, 3.8) is 0 Å². The number of nitrogens with zero attached hydrogens (tertiary/aromatic N) is 4. The van der Waals surface area contributed by atoms with Crippen molar-refractivity contribution in [3.05, 3.63) is 16.7 Å². The van der Waals surface area contributed by atoms with E-state index in [4.69, 9.17) is 20.5 Å². The van der Waals surface area contributed by atoms with E-state index in [1.54, 1.807) is 0 Å². The van der Waals surface area contributed by atoms with Crippen molar-refractivity contribution in [3.8, 4) is 6.07 Å². The Hall–Kier alpha value is -2.52. The van der Waals surface area contributed by atoms with Crippen molar-refractivity contribution in [1.29, 1.82) is 5.26 Å². The zero-order chi connectivity index (χ0) is 17.3. The van der Waals surface area contributed by atoms with Crippen molar-refractivity contribution >= 4 is 17.1 Å². The van der Waals surface area contributed by atoms with Crippen molar-refractivity contribution in [2.45, 2.75) is 31.0 Å². The number of nitriles is 1. The van der Waals surface area contributed by atoms with E-state index in [0.717, 1.165) is 0 Å². The van der Waals surface area contributed by atoms with E-state index in [9.17, 15) is 15.0 Å². The molecule has 0 bridgehead atoms. The summed E-state index contributed by atoms with van der Waals surface area (Å²) in [6.45, 7) is -0.336. The molecule has 0 aromatic carbocycles. The molecule has 1 fully saturated rings. The van der Waals surface area contributed by atoms with Gasteiger partial charge in [0.2, 0.25) is 5.95 Å². The van der Waals surface area contributed by atoms with Gasteiger partial charge in [0.15, 0.2) is 17.4 Å². The molecule has 0 saturated carbocycles. The van der Waals surface area contributed by atoms with Crippen LogP contribution in [0.5, 0.6) is 0 Å². The molecule has 2 unspecified atom stereocenters. The molecular formula is C13H16N6O5. The first-order valence-corrected chi connectivity index (χ1v) is 7.22. The summed E-state index contributed by atoms with van der Waals surface area (Å²) < 4.78 is 12.6. The van der Waals surface area contributed by atoms with Crippen LogP contribution < -0.4 is 11.3 Å². The Labute approximate surface area is 135 Å². The van der Waals surface area contributed by atoms with Crippen LogP contribution in [-0.2, 0) is 9.47 Å². The number of nitrogen functional groups attached to an aromatic ring is 1. The monoisotopic (exact) mass is 336 g/mol. The van der Waals surface area contributed by atoms with E-state index < -0.39 is 36.7 Å². The van der Waals surface area contributed by atoms with Gasteiger partial charge in [0, 0.05) is 0 Å². The molecule has 0 aliphatic carbocycles. The number of hydrogen-bond acceptors (Lipinski definition) is 9. The molecule has 11 heteroatoms. The molecule has 1 aliphatic rings. The normalized spacial score (nSPS) is 26.7. The number of ether oxygens (including phenoxy) is 2. The molecule has 2 aromatic rings. The minimum Gasteiger partial charge on any atom is -0.394 e. The van der Waals surface area contributed by atoms with E-state index in [1.165, 1.54) is 10.9 Å². The summed E-state index contributed by atoms with van der Waals surface area (Å²) in [6, 6.07) is 1.94. The lowest BCUT2D eigenvalue weighted by atomic mass is 10.1. The Morgan fingerprint density at radius 1 is 1.58 bits per heavy atom. The van der Waals surface area contributed by atoms with Gasteiger partial charge in [0.05, 0.1) is 32.0 Å². The van der Waals surface area contributed by atoms with Gasteiger partial charge in [-0.3, -0.25) is 14.3 Å². The number of H-pyrrole nitrogens is 1. The van der Waals surface area contributed by atoms with E-state index in [0.29, 0.717) is 0 Å². The molecule has 2 aromatic heterocycles. The van der Waals surface area contributed by atoms with Gasteiger partial charge in [-0.15, -0.1) is 0 Å². The van der Waals surface area contributed by atoms with Gasteiger partial charge in [0.1, 0.15) is 18.3 Å². The summed E-state index contributed by atoms with van der Waals surface area (Å²) in [7, 11) is 0. The second-order valence-electron chi connectivity index (χ2n) is 5.26. The standard InChI is InChI=1S/C13H16N6O5/c14-2-1-3-23-9-8(21)6(4-20)24-12(9)19-5-16-7-10(19)17-13(15)18-11(7)22/h5-6,8-9,12,20-21H,1,3-4H2,(H3,15,17,18,22)/t6-,8?,9?,12-/m1/s1. The zero-order valence-corrected chi connectivity index (χ0v) is 12.5. The SMILES string of the molecule is N#CCCOC1C(O)[C@@H](CO)O[C@H]1n1cnc2c(=O)[nH]c(N)nc21. The second kappa shape index (κ2) is 6.54. The highest BCUT2D eigenvalue weighted by molar-refractivity contribution is 5.70. The summed E-state index contributed by atoms with van der Waals surface area (Å²) in [5.41, 5.74) is 5.28. The Morgan fingerprint density at radius 2 is 2.38 bits per heavy atom. The minimum atomic E-state index is -1.12. The predicted octanol–water partition coefficient (Wildman–Crippen LogP) is -1.75. The summed E-state index contributed by atoms with van der Waals surface area (Å²) in [5, 5.41) is 28.2. The topological polar surface area (TPSA) is 172 Å². The molecule has 3 heterocycles. The third kappa shape index (κ3) is 2.72. The molecule has 1 saturated heterocycles. The third-order valence-corrected chi connectivity index (χ3v) is 3.74. The van der Waals surface area contributed by atoms with Crippen LogP contribution in [0.3, 0.4) is 0 Å². The Kier molecular flexibility index (Phi) is 4.45. The van der Waals surface area contributed by atoms with Gasteiger partial charge >= 0.3 is 0 Å². The summed E-state index contributed by atoms with van der Waals surface area (Å²) in [4.78, 5) is 22.2. The lowest BCUT2D eigenvalue weighted by Crippen LogP contribution is -2.35. The number of nitrogens with one attached hydrogen (secondary N) is 1. The largest absolute Gasteiger partial charge is 0.394 e. The first-order valence-electron chi connectivity index (χ1n) is 7.22. The van der Waals surface area contributed by atoms with Crippen LogP contribution in [0.2, 0.25) is 0 Å². The Morgan fingerprint density at radius 3 is 3.08 bits per heavy atom. The molecule has 0 spiro atoms. The summed E-state index contributed by atoms with van der Waals surface area (Å²) in [5.74, 6) is -0.0894. The average molecular weight is 336 g/mol. The Bertz CT molecular complexity index is 826. The first kappa shape index (κ1) is 16.3. The highest BCUT2D eigenvalue weighted by Crippen LogP contribution is 2.33. The Balaban J connectivity index is 1.99.